The Morgan fingerprint density at radius 3 is 2.77 bits per heavy atom. The fourth-order valence-electron chi connectivity index (χ4n) is 2.68. The van der Waals surface area contributed by atoms with Gasteiger partial charge in [0.2, 0.25) is 0 Å². The Hall–Kier alpha value is -2.56. The van der Waals surface area contributed by atoms with E-state index in [0.717, 1.165) is 13.0 Å². The van der Waals surface area contributed by atoms with Gasteiger partial charge in [0.25, 0.3) is 0 Å². The summed E-state index contributed by atoms with van der Waals surface area (Å²) >= 11 is 0. The molecule has 2 amide bonds. The number of hydrogen-bond acceptors (Lipinski definition) is 2. The van der Waals surface area contributed by atoms with Crippen molar-refractivity contribution in [3.63, 3.8) is 0 Å². The molecule has 114 valence electrons. The second-order valence-electron chi connectivity index (χ2n) is 5.34. The van der Waals surface area contributed by atoms with E-state index in [1.807, 2.05) is 12.1 Å². The monoisotopic (exact) mass is 299 g/mol. The molecule has 4 nitrogen and oxygen atoms in total. The maximum atomic E-state index is 12.8. The van der Waals surface area contributed by atoms with Gasteiger partial charge >= 0.3 is 6.03 Å². The summed E-state index contributed by atoms with van der Waals surface area (Å²) in [5.74, 6) is 0.0979. The van der Waals surface area contributed by atoms with Gasteiger partial charge in [-0.25, -0.2) is 9.18 Å². The van der Waals surface area contributed by atoms with Gasteiger partial charge < -0.3 is 16.0 Å². The Bertz CT molecular complexity index is 657. The molecule has 0 fully saturated rings. The third kappa shape index (κ3) is 3.36. The second kappa shape index (κ2) is 6.47. The topological polar surface area (TPSA) is 53.2 Å². The number of anilines is 2. The van der Waals surface area contributed by atoms with Crippen molar-refractivity contribution in [3.8, 4) is 0 Å². The Morgan fingerprint density at radius 1 is 1.18 bits per heavy atom. The Kier molecular flexibility index (Phi) is 4.23. The van der Waals surface area contributed by atoms with Gasteiger partial charge in [0.1, 0.15) is 5.82 Å². The van der Waals surface area contributed by atoms with Crippen LogP contribution in [-0.2, 0) is 0 Å². The molecule has 22 heavy (non-hydrogen) atoms. The number of benzene rings is 2. The molecule has 0 radical (unpaired) electrons. The van der Waals surface area contributed by atoms with Gasteiger partial charge in [-0.1, -0.05) is 18.2 Å². The zero-order chi connectivity index (χ0) is 15.4. The molecular formula is C17H18FN3O. The Balaban J connectivity index is 1.45. The van der Waals surface area contributed by atoms with Crippen LogP contribution in [0.5, 0.6) is 0 Å². The van der Waals surface area contributed by atoms with Crippen LogP contribution < -0.4 is 16.0 Å². The molecule has 1 aliphatic heterocycles. The maximum Gasteiger partial charge on any atom is 0.319 e. The minimum absolute atomic E-state index is 0.272. The number of fused-ring (bicyclic) bond motifs is 1. The molecular weight excluding hydrogens is 281 g/mol. The van der Waals surface area contributed by atoms with Crippen LogP contribution in [-0.4, -0.2) is 19.1 Å². The standard InChI is InChI=1S/C17H18FN3O/c18-13-5-7-14(8-6-13)21-17(22)19-10-9-12-11-20-16-4-2-1-3-15(12)16/h1-8,12,20H,9-11H2,(H2,19,21,22). The normalized spacial score (nSPS) is 15.8. The lowest BCUT2D eigenvalue weighted by atomic mass is 9.98. The van der Waals surface area contributed by atoms with Crippen molar-refractivity contribution in [2.45, 2.75) is 12.3 Å². The zero-order valence-electron chi connectivity index (χ0n) is 12.1. The highest BCUT2D eigenvalue weighted by Gasteiger charge is 2.20. The second-order valence-corrected chi connectivity index (χ2v) is 5.34. The molecule has 0 bridgehead atoms. The van der Waals surface area contributed by atoms with E-state index < -0.39 is 0 Å². The van der Waals surface area contributed by atoms with Gasteiger partial charge in [-0.2, -0.15) is 0 Å². The van der Waals surface area contributed by atoms with Crippen molar-refractivity contribution < 1.29 is 9.18 Å². The highest BCUT2D eigenvalue weighted by Crippen LogP contribution is 2.32. The van der Waals surface area contributed by atoms with E-state index >= 15 is 0 Å². The molecule has 2 aromatic rings. The first-order valence-corrected chi connectivity index (χ1v) is 7.35. The number of nitrogens with one attached hydrogen (secondary N) is 3. The van der Waals surface area contributed by atoms with E-state index in [9.17, 15) is 9.18 Å². The van der Waals surface area contributed by atoms with Crippen LogP contribution in [0.2, 0.25) is 0 Å². The summed E-state index contributed by atoms with van der Waals surface area (Å²) in [4.78, 5) is 11.8. The first kappa shape index (κ1) is 14.4. The van der Waals surface area contributed by atoms with Crippen LogP contribution in [0.15, 0.2) is 48.5 Å². The summed E-state index contributed by atoms with van der Waals surface area (Å²) in [6.07, 6.45) is 0.876. The number of hydrogen-bond donors (Lipinski definition) is 3. The fourth-order valence-corrected chi connectivity index (χ4v) is 2.68. The summed E-state index contributed by atoms with van der Waals surface area (Å²) in [7, 11) is 0. The SMILES string of the molecule is O=C(NCCC1CNc2ccccc21)Nc1ccc(F)cc1. The summed E-state index contributed by atoms with van der Waals surface area (Å²) in [6, 6.07) is 13.7. The number of para-hydroxylation sites is 1. The van der Waals surface area contributed by atoms with Gasteiger partial charge in [-0.05, 0) is 42.3 Å². The van der Waals surface area contributed by atoms with E-state index in [-0.39, 0.29) is 11.8 Å². The van der Waals surface area contributed by atoms with Crippen LogP contribution in [0.4, 0.5) is 20.6 Å². The van der Waals surface area contributed by atoms with Gasteiger partial charge in [0.05, 0.1) is 0 Å². The van der Waals surface area contributed by atoms with Crippen LogP contribution in [0.3, 0.4) is 0 Å². The molecule has 0 saturated carbocycles. The molecule has 3 rings (SSSR count). The summed E-state index contributed by atoms with van der Waals surface area (Å²) in [5.41, 5.74) is 3.07. The highest BCUT2D eigenvalue weighted by atomic mass is 19.1. The number of carbonyl (C=O) groups excluding carboxylic acids is 1. The van der Waals surface area contributed by atoms with E-state index in [2.05, 4.69) is 28.1 Å². The lowest BCUT2D eigenvalue weighted by Gasteiger charge is -2.11. The van der Waals surface area contributed by atoms with Gasteiger partial charge in [0, 0.05) is 30.4 Å². The number of rotatable bonds is 4. The maximum absolute atomic E-state index is 12.8. The van der Waals surface area contributed by atoms with Crippen LogP contribution >= 0.6 is 0 Å². The quantitative estimate of drug-likeness (QED) is 0.808. The van der Waals surface area contributed by atoms with Crippen molar-refractivity contribution >= 4 is 17.4 Å². The molecule has 0 aliphatic carbocycles. The number of carbonyl (C=O) groups is 1. The van der Waals surface area contributed by atoms with E-state index in [0.29, 0.717) is 18.2 Å². The van der Waals surface area contributed by atoms with Crippen molar-refractivity contribution in [2.75, 3.05) is 23.7 Å². The summed E-state index contributed by atoms with van der Waals surface area (Å²) in [6.45, 7) is 1.49. The molecule has 5 heteroatoms. The van der Waals surface area contributed by atoms with E-state index in [4.69, 9.17) is 0 Å². The smallest absolute Gasteiger partial charge is 0.319 e. The number of halogens is 1. The summed E-state index contributed by atoms with van der Waals surface area (Å²) < 4.78 is 12.8. The predicted molar refractivity (Wildman–Crippen MR) is 85.7 cm³/mol. The zero-order valence-corrected chi connectivity index (χ0v) is 12.1. The largest absolute Gasteiger partial charge is 0.384 e. The van der Waals surface area contributed by atoms with Crippen LogP contribution in [0.1, 0.15) is 17.9 Å². The Morgan fingerprint density at radius 2 is 1.95 bits per heavy atom. The minimum Gasteiger partial charge on any atom is -0.384 e. The molecule has 1 heterocycles. The van der Waals surface area contributed by atoms with Gasteiger partial charge in [-0.15, -0.1) is 0 Å². The highest BCUT2D eigenvalue weighted by molar-refractivity contribution is 5.89. The summed E-state index contributed by atoms with van der Waals surface area (Å²) in [5, 5.41) is 8.88. The average Bonchev–Trinajstić information content (AvgIpc) is 2.93. The van der Waals surface area contributed by atoms with Crippen molar-refractivity contribution in [1.29, 1.82) is 0 Å². The first-order chi connectivity index (χ1) is 10.7. The number of urea groups is 1. The van der Waals surface area contributed by atoms with Crippen LogP contribution in [0.25, 0.3) is 0 Å². The van der Waals surface area contributed by atoms with Crippen molar-refractivity contribution in [1.82, 2.24) is 5.32 Å². The lowest BCUT2D eigenvalue weighted by molar-refractivity contribution is 0.252. The molecule has 1 atom stereocenters. The van der Waals surface area contributed by atoms with Gasteiger partial charge in [-0.3, -0.25) is 0 Å². The first-order valence-electron chi connectivity index (χ1n) is 7.35. The molecule has 1 aliphatic rings. The van der Waals surface area contributed by atoms with E-state index in [1.54, 1.807) is 0 Å². The molecule has 3 N–H and O–H groups in total. The molecule has 0 spiro atoms. The lowest BCUT2D eigenvalue weighted by Crippen LogP contribution is -2.30. The van der Waals surface area contributed by atoms with E-state index in [1.165, 1.54) is 35.5 Å². The fraction of sp³-hybridized carbons (Fsp3) is 0.235. The minimum atomic E-state index is -0.321. The predicted octanol–water partition coefficient (Wildman–Crippen LogP) is 3.55. The molecule has 2 aromatic carbocycles. The van der Waals surface area contributed by atoms with Crippen molar-refractivity contribution in [2.24, 2.45) is 0 Å². The number of amides is 2. The molecule has 0 aromatic heterocycles. The van der Waals surface area contributed by atoms with Crippen LogP contribution in [0, 0.1) is 5.82 Å². The van der Waals surface area contributed by atoms with Gasteiger partial charge in [0.15, 0.2) is 0 Å². The molecule has 1 unspecified atom stereocenters. The Labute approximate surface area is 128 Å². The average molecular weight is 299 g/mol. The third-order valence-corrected chi connectivity index (χ3v) is 3.82. The third-order valence-electron chi connectivity index (χ3n) is 3.82. The van der Waals surface area contributed by atoms with Crippen molar-refractivity contribution in [3.05, 3.63) is 59.9 Å². The molecule has 0 saturated heterocycles.